The molecular weight excluding hydrogens is 442 g/mol. The fourth-order valence-corrected chi connectivity index (χ4v) is 3.85. The number of nitrogens with zero attached hydrogens (tertiary/aromatic N) is 1. The van der Waals surface area contributed by atoms with Gasteiger partial charge < -0.3 is 23.8 Å². The molecule has 0 aliphatic carbocycles. The van der Waals surface area contributed by atoms with Gasteiger partial charge in [0.2, 0.25) is 0 Å². The predicted octanol–water partition coefficient (Wildman–Crippen LogP) is 2.08. The summed E-state index contributed by atoms with van der Waals surface area (Å²) >= 11 is 0. The molecule has 0 fully saturated rings. The average molecular weight is 465 g/mol. The lowest BCUT2D eigenvalue weighted by molar-refractivity contribution is -0.143. The van der Waals surface area contributed by atoms with Gasteiger partial charge >= 0.3 is 23.9 Å². The Kier molecular flexibility index (Phi) is 7.15. The maximum Gasteiger partial charge on any atom is 0.355 e. The van der Waals surface area contributed by atoms with Crippen LogP contribution in [0.2, 0.25) is 0 Å². The van der Waals surface area contributed by atoms with Gasteiger partial charge in [-0.3, -0.25) is 0 Å². The number of fused-ring (bicyclic) bond motifs is 1. The number of methoxy groups -OCH3 is 4. The van der Waals surface area contributed by atoms with Crippen molar-refractivity contribution in [1.82, 2.24) is 4.90 Å². The molecule has 176 valence electrons. The van der Waals surface area contributed by atoms with E-state index in [0.29, 0.717) is 0 Å². The zero-order chi connectivity index (χ0) is 24.9. The van der Waals surface area contributed by atoms with Gasteiger partial charge in [-0.15, -0.1) is 0 Å². The highest BCUT2D eigenvalue weighted by Gasteiger charge is 2.53. The molecule has 0 amide bonds. The number of allylic oxidation sites excluding steroid dienone is 2. The van der Waals surface area contributed by atoms with Gasteiger partial charge in [0.1, 0.15) is 16.8 Å². The lowest BCUT2D eigenvalue weighted by Gasteiger charge is -2.45. The van der Waals surface area contributed by atoms with Crippen LogP contribution in [0.1, 0.15) is 5.56 Å². The van der Waals surface area contributed by atoms with Gasteiger partial charge in [0, 0.05) is 6.20 Å². The van der Waals surface area contributed by atoms with Crippen molar-refractivity contribution >= 4 is 30.0 Å². The van der Waals surface area contributed by atoms with Gasteiger partial charge in [0.15, 0.2) is 0 Å². The highest BCUT2D eigenvalue weighted by molar-refractivity contribution is 6.17. The van der Waals surface area contributed by atoms with E-state index in [9.17, 15) is 19.2 Å². The summed E-state index contributed by atoms with van der Waals surface area (Å²) in [7, 11) is 4.45. The number of ether oxygens (including phenoxy) is 4. The quantitative estimate of drug-likeness (QED) is 0.461. The topological polar surface area (TPSA) is 108 Å². The molecule has 2 heterocycles. The van der Waals surface area contributed by atoms with Crippen molar-refractivity contribution < 1.29 is 38.1 Å². The summed E-state index contributed by atoms with van der Waals surface area (Å²) < 4.78 is 19.7. The van der Waals surface area contributed by atoms with E-state index in [1.165, 1.54) is 11.1 Å². The van der Waals surface area contributed by atoms with Crippen LogP contribution < -0.4 is 0 Å². The van der Waals surface area contributed by atoms with E-state index in [0.717, 1.165) is 34.0 Å². The fourth-order valence-electron chi connectivity index (χ4n) is 3.85. The van der Waals surface area contributed by atoms with Crippen molar-refractivity contribution in [3.05, 3.63) is 88.8 Å². The molecular formula is C25H23NO8. The first kappa shape index (κ1) is 24.2. The van der Waals surface area contributed by atoms with E-state index in [4.69, 9.17) is 18.9 Å². The van der Waals surface area contributed by atoms with Gasteiger partial charge in [0.25, 0.3) is 0 Å². The molecule has 1 atom stereocenters. The minimum atomic E-state index is -1.54. The van der Waals surface area contributed by atoms with Crippen LogP contribution in [-0.4, -0.2) is 62.8 Å². The molecule has 0 spiro atoms. The Morgan fingerprint density at radius 3 is 1.94 bits per heavy atom. The van der Waals surface area contributed by atoms with Crippen molar-refractivity contribution in [2.24, 2.45) is 0 Å². The molecule has 1 aromatic rings. The lowest BCUT2D eigenvalue weighted by Crippen LogP contribution is -2.53. The molecule has 0 aromatic heterocycles. The highest BCUT2D eigenvalue weighted by atomic mass is 16.5. The van der Waals surface area contributed by atoms with Crippen LogP contribution in [-0.2, 0) is 38.1 Å². The number of hydrogen-bond donors (Lipinski definition) is 0. The fraction of sp³-hybridized carbons (Fsp3) is 0.200. The molecule has 0 saturated heterocycles. The molecule has 0 bridgehead atoms. The number of benzene rings is 1. The van der Waals surface area contributed by atoms with Crippen LogP contribution in [0.5, 0.6) is 0 Å². The van der Waals surface area contributed by atoms with Gasteiger partial charge in [-0.2, -0.15) is 0 Å². The second-order valence-electron chi connectivity index (χ2n) is 7.08. The lowest BCUT2D eigenvalue weighted by atomic mass is 9.76. The van der Waals surface area contributed by atoms with Gasteiger partial charge in [0.05, 0.1) is 39.6 Å². The van der Waals surface area contributed by atoms with E-state index < -0.39 is 40.6 Å². The Balaban J connectivity index is 2.49. The van der Waals surface area contributed by atoms with E-state index in [1.807, 2.05) is 30.3 Å². The van der Waals surface area contributed by atoms with Gasteiger partial charge in [-0.25, -0.2) is 19.2 Å². The number of rotatable bonds is 6. The minimum Gasteiger partial charge on any atom is -0.466 e. The summed E-state index contributed by atoms with van der Waals surface area (Å²) in [6.07, 6.45) is 9.66. The Labute approximate surface area is 196 Å². The summed E-state index contributed by atoms with van der Waals surface area (Å²) in [4.78, 5) is 53.4. The third kappa shape index (κ3) is 4.03. The smallest absolute Gasteiger partial charge is 0.355 e. The maximum atomic E-state index is 13.2. The summed E-state index contributed by atoms with van der Waals surface area (Å²) in [5, 5.41) is 0. The van der Waals surface area contributed by atoms with Crippen LogP contribution in [0.25, 0.3) is 6.08 Å². The van der Waals surface area contributed by atoms with E-state index >= 15 is 0 Å². The number of esters is 4. The number of carbonyl (C=O) groups excluding carboxylic acids is 4. The summed E-state index contributed by atoms with van der Waals surface area (Å²) in [5.41, 5.74) is -2.24. The zero-order valence-corrected chi connectivity index (χ0v) is 19.1. The van der Waals surface area contributed by atoms with E-state index in [-0.39, 0.29) is 11.3 Å². The highest BCUT2D eigenvalue weighted by Crippen LogP contribution is 2.45. The first-order valence-corrected chi connectivity index (χ1v) is 10.1. The van der Waals surface area contributed by atoms with Crippen molar-refractivity contribution in [1.29, 1.82) is 0 Å². The standard InChI is InChI=1S/C25H23NO8/c1-31-21(27)17-18(22(28)32-2)20(24(30)34-4)26-15-9-8-13-25(26,19(17)23(29)33-3)14-12-16-10-6-5-7-11-16/h5-15H,1-4H3. The van der Waals surface area contributed by atoms with Crippen molar-refractivity contribution in [2.45, 2.75) is 5.54 Å². The van der Waals surface area contributed by atoms with Crippen LogP contribution >= 0.6 is 0 Å². The first-order valence-electron chi connectivity index (χ1n) is 10.1. The largest absolute Gasteiger partial charge is 0.466 e. The molecule has 2 aliphatic rings. The second-order valence-corrected chi connectivity index (χ2v) is 7.08. The van der Waals surface area contributed by atoms with E-state index in [1.54, 1.807) is 30.4 Å². The molecule has 0 N–H and O–H groups in total. The third-order valence-corrected chi connectivity index (χ3v) is 5.35. The molecule has 3 rings (SSSR count). The van der Waals surface area contributed by atoms with Crippen LogP contribution in [0, 0.1) is 0 Å². The minimum absolute atomic E-state index is 0.234. The Bertz CT molecular complexity index is 1170. The monoisotopic (exact) mass is 465 g/mol. The summed E-state index contributed by atoms with van der Waals surface area (Å²) in [6.45, 7) is 0. The van der Waals surface area contributed by atoms with Crippen molar-refractivity contribution in [3.63, 3.8) is 0 Å². The SMILES string of the molecule is COC(=O)C1=C(C(=O)OC)N2C=CC=CC2(C=Cc2ccccc2)C(C(=O)OC)=C1C(=O)OC. The van der Waals surface area contributed by atoms with Crippen molar-refractivity contribution in [2.75, 3.05) is 28.4 Å². The molecule has 1 aromatic carbocycles. The third-order valence-electron chi connectivity index (χ3n) is 5.35. The van der Waals surface area contributed by atoms with Gasteiger partial charge in [-0.1, -0.05) is 42.5 Å². The molecule has 0 radical (unpaired) electrons. The molecule has 2 aliphatic heterocycles. The van der Waals surface area contributed by atoms with Crippen LogP contribution in [0.4, 0.5) is 0 Å². The molecule has 1 unspecified atom stereocenters. The normalized spacial score (nSPS) is 19.1. The maximum absolute atomic E-state index is 13.2. The second kappa shape index (κ2) is 10.0. The van der Waals surface area contributed by atoms with E-state index in [2.05, 4.69) is 0 Å². The van der Waals surface area contributed by atoms with Crippen LogP contribution in [0.3, 0.4) is 0 Å². The molecule has 0 saturated carbocycles. The molecule has 9 nitrogen and oxygen atoms in total. The Hall–Kier alpha value is -4.40. The predicted molar refractivity (Wildman–Crippen MR) is 120 cm³/mol. The summed E-state index contributed by atoms with van der Waals surface area (Å²) in [6, 6.07) is 9.18. The number of carbonyl (C=O) groups is 4. The zero-order valence-electron chi connectivity index (χ0n) is 19.1. The average Bonchev–Trinajstić information content (AvgIpc) is 2.89. The van der Waals surface area contributed by atoms with Gasteiger partial charge in [-0.05, 0) is 23.8 Å². The van der Waals surface area contributed by atoms with Crippen LogP contribution in [0.15, 0.2) is 83.3 Å². The Morgan fingerprint density at radius 2 is 1.35 bits per heavy atom. The molecule has 9 heteroatoms. The first-order chi connectivity index (χ1) is 16.4. The summed E-state index contributed by atoms with van der Waals surface area (Å²) in [5.74, 6) is -3.90. The molecule has 34 heavy (non-hydrogen) atoms. The number of hydrogen-bond acceptors (Lipinski definition) is 9. The van der Waals surface area contributed by atoms with Crippen molar-refractivity contribution in [3.8, 4) is 0 Å². The Morgan fingerprint density at radius 1 is 0.765 bits per heavy atom.